The lowest BCUT2D eigenvalue weighted by atomic mass is 9.87. The number of hydrogen-bond donors (Lipinski definition) is 2. The van der Waals surface area contributed by atoms with Crippen LogP contribution in [0.5, 0.6) is 5.75 Å². The summed E-state index contributed by atoms with van der Waals surface area (Å²) in [5.74, 6) is 0.720. The summed E-state index contributed by atoms with van der Waals surface area (Å²) in [5, 5.41) is 23.4. The third-order valence-electron chi connectivity index (χ3n) is 13.1. The molecule has 14 heteroatoms. The summed E-state index contributed by atoms with van der Waals surface area (Å²) in [6.07, 6.45) is 6.93. The molecule has 3 saturated carbocycles. The highest BCUT2D eigenvalue weighted by atomic mass is 19.1. The number of amides is 1. The quantitative estimate of drug-likeness (QED) is 0.0993. The summed E-state index contributed by atoms with van der Waals surface area (Å²) < 4.78 is 59.4. The highest BCUT2D eigenvalue weighted by Crippen LogP contribution is 2.56. The number of hydrogen-bond acceptors (Lipinski definition) is 8. The van der Waals surface area contributed by atoms with Crippen LogP contribution in [0.4, 0.5) is 19.1 Å². The predicted octanol–water partition coefficient (Wildman–Crippen LogP) is 9.55. The molecule has 3 heterocycles. The molecule has 320 valence electrons. The molecule has 9 rings (SSSR count). The summed E-state index contributed by atoms with van der Waals surface area (Å²) in [4.78, 5) is 36.1. The minimum atomic E-state index is -1.69. The Kier molecular flexibility index (Phi) is 10.7. The van der Waals surface area contributed by atoms with Gasteiger partial charge in [0.25, 0.3) is 0 Å². The van der Waals surface area contributed by atoms with Gasteiger partial charge in [0, 0.05) is 49.9 Å². The van der Waals surface area contributed by atoms with Gasteiger partial charge < -0.3 is 23.7 Å². The Bertz CT molecular complexity index is 2570. The van der Waals surface area contributed by atoms with E-state index in [0.717, 1.165) is 60.6 Å². The average molecular weight is 837 g/mol. The molecule has 61 heavy (non-hydrogen) atoms. The van der Waals surface area contributed by atoms with Crippen molar-refractivity contribution >= 4 is 39.7 Å². The zero-order valence-electron chi connectivity index (χ0n) is 34.7. The summed E-state index contributed by atoms with van der Waals surface area (Å²) in [5.41, 5.74) is 1.41. The number of imidazole rings is 2. The molecule has 2 aromatic heterocycles. The van der Waals surface area contributed by atoms with Crippen LogP contribution in [0.3, 0.4) is 0 Å². The largest absolute Gasteiger partial charge is 0.460 e. The van der Waals surface area contributed by atoms with Crippen molar-refractivity contribution in [2.24, 2.45) is 5.92 Å². The summed E-state index contributed by atoms with van der Waals surface area (Å²) in [7, 11) is 0. The molecule has 1 aliphatic heterocycles. The van der Waals surface area contributed by atoms with E-state index < -0.39 is 41.5 Å². The topological polar surface area (TPSA) is 144 Å². The molecule has 3 aromatic carbocycles. The molecular weight excluding hydrogens is 786 g/mol. The van der Waals surface area contributed by atoms with Crippen molar-refractivity contribution in [3.63, 3.8) is 0 Å². The van der Waals surface area contributed by atoms with Crippen LogP contribution >= 0.6 is 0 Å². The molecular formula is C47H51F3N6O5. The maximum Gasteiger partial charge on any atom is 0.238 e. The van der Waals surface area contributed by atoms with Gasteiger partial charge in [0.1, 0.15) is 35.1 Å². The molecule has 4 atom stereocenters. The van der Waals surface area contributed by atoms with Crippen LogP contribution in [0.25, 0.3) is 22.1 Å². The van der Waals surface area contributed by atoms with Crippen molar-refractivity contribution in [3.05, 3.63) is 82.7 Å². The molecule has 1 amide bonds. The lowest BCUT2D eigenvalue weighted by Crippen LogP contribution is -2.41. The van der Waals surface area contributed by atoms with E-state index >= 15 is 0 Å². The summed E-state index contributed by atoms with van der Waals surface area (Å²) >= 11 is 0. The monoisotopic (exact) mass is 836 g/mol. The number of ether oxygens (including phenoxy) is 2. The van der Waals surface area contributed by atoms with Crippen LogP contribution in [0.2, 0.25) is 0 Å². The fourth-order valence-corrected chi connectivity index (χ4v) is 9.69. The molecule has 0 saturated heterocycles. The van der Waals surface area contributed by atoms with Crippen LogP contribution in [-0.2, 0) is 26.3 Å². The Morgan fingerprint density at radius 1 is 0.967 bits per heavy atom. The van der Waals surface area contributed by atoms with Crippen molar-refractivity contribution in [3.8, 4) is 11.8 Å². The molecule has 0 bridgehead atoms. The van der Waals surface area contributed by atoms with Gasteiger partial charge in [0.05, 0.1) is 51.4 Å². The summed E-state index contributed by atoms with van der Waals surface area (Å²) in [6, 6.07) is 14.1. The smallest absolute Gasteiger partial charge is 0.238 e. The number of benzene rings is 3. The molecule has 3 aliphatic carbocycles. The van der Waals surface area contributed by atoms with Crippen molar-refractivity contribution in [2.75, 3.05) is 5.32 Å². The van der Waals surface area contributed by atoms with E-state index in [1.54, 1.807) is 4.57 Å². The molecule has 0 spiro atoms. The van der Waals surface area contributed by atoms with E-state index in [9.17, 15) is 33.1 Å². The normalized spacial score (nSPS) is 23.1. The van der Waals surface area contributed by atoms with Gasteiger partial charge >= 0.3 is 0 Å². The second kappa shape index (κ2) is 15.9. The van der Waals surface area contributed by atoms with E-state index in [-0.39, 0.29) is 46.9 Å². The SMILES string of the molecule is CC(C)(CC(=O)CCCCc1nc2cc3c(cc2n1C1CCC1)C1CC1CC(F)O3)OC1CC(n2c(NC(=O)C[C@](C)(O)c3cccc(F)c3)nc3cc(F)c(C#N)cc32)C1. The number of carbonyl (C=O) groups excluding carboxylic acids is 2. The average Bonchev–Trinajstić information content (AvgIpc) is 3.74. The number of halogens is 3. The van der Waals surface area contributed by atoms with Crippen LogP contribution < -0.4 is 10.1 Å². The first-order valence-corrected chi connectivity index (χ1v) is 21.6. The third kappa shape index (κ3) is 8.39. The number of aryl methyl sites for hydroxylation is 1. The molecule has 2 N–H and O–H groups in total. The number of aromatic nitrogens is 4. The number of fused-ring (bicyclic) bond motifs is 5. The first-order chi connectivity index (χ1) is 29.1. The molecule has 3 unspecified atom stereocenters. The number of unbranched alkanes of at least 4 members (excludes halogenated alkanes) is 1. The minimum absolute atomic E-state index is 0.111. The van der Waals surface area contributed by atoms with Gasteiger partial charge in [0.15, 0.2) is 0 Å². The summed E-state index contributed by atoms with van der Waals surface area (Å²) in [6.45, 7) is 5.23. The number of nitrogens with one attached hydrogen (secondary N) is 1. The third-order valence-corrected chi connectivity index (χ3v) is 13.1. The number of alkyl halides is 1. The van der Waals surface area contributed by atoms with E-state index in [0.29, 0.717) is 61.2 Å². The number of ketones is 1. The second-order valence-corrected chi connectivity index (χ2v) is 18.5. The second-order valence-electron chi connectivity index (χ2n) is 18.5. The fourth-order valence-electron chi connectivity index (χ4n) is 9.69. The molecule has 5 aromatic rings. The van der Waals surface area contributed by atoms with Gasteiger partial charge in [-0.3, -0.25) is 14.9 Å². The van der Waals surface area contributed by atoms with Crippen molar-refractivity contribution < 1.29 is 37.3 Å². The Morgan fingerprint density at radius 2 is 1.74 bits per heavy atom. The maximum atomic E-state index is 14.7. The van der Waals surface area contributed by atoms with Crippen LogP contribution in [0, 0.1) is 28.9 Å². The van der Waals surface area contributed by atoms with Gasteiger partial charge in [-0.15, -0.1) is 0 Å². The lowest BCUT2D eigenvalue weighted by molar-refractivity contribution is -0.139. The van der Waals surface area contributed by atoms with Gasteiger partial charge in [0.2, 0.25) is 18.2 Å². The van der Waals surface area contributed by atoms with Crippen LogP contribution in [0.1, 0.15) is 138 Å². The number of Topliss-reactive ketones (excluding diaryl/α,β-unsaturated/α-hetero) is 1. The lowest BCUT2D eigenvalue weighted by Gasteiger charge is -2.41. The predicted molar refractivity (Wildman–Crippen MR) is 222 cm³/mol. The first-order valence-electron chi connectivity index (χ1n) is 21.6. The molecule has 11 nitrogen and oxygen atoms in total. The van der Waals surface area contributed by atoms with Crippen molar-refractivity contribution in [1.82, 2.24) is 19.1 Å². The number of anilines is 1. The number of nitrogens with zero attached hydrogens (tertiary/aromatic N) is 5. The highest BCUT2D eigenvalue weighted by Gasteiger charge is 2.45. The Morgan fingerprint density at radius 3 is 2.48 bits per heavy atom. The molecule has 0 radical (unpaired) electrons. The molecule has 4 aliphatic rings. The van der Waals surface area contributed by atoms with E-state index in [4.69, 9.17) is 14.5 Å². The molecule has 3 fully saturated rings. The number of nitriles is 1. The van der Waals surface area contributed by atoms with Crippen LogP contribution in [-0.4, -0.2) is 54.0 Å². The Hall–Kier alpha value is -5.26. The van der Waals surface area contributed by atoms with Gasteiger partial charge in [-0.2, -0.15) is 5.26 Å². The number of rotatable bonds is 15. The minimum Gasteiger partial charge on any atom is -0.460 e. The zero-order valence-corrected chi connectivity index (χ0v) is 34.7. The first kappa shape index (κ1) is 41.1. The van der Waals surface area contributed by atoms with Crippen molar-refractivity contribution in [1.29, 1.82) is 5.26 Å². The fraction of sp³-hybridized carbons (Fsp3) is 0.511. The van der Waals surface area contributed by atoms with E-state index in [1.807, 2.05) is 26.0 Å². The standard InChI is InChI=1S/C47H51F3N6O5/c1-46(2,23-32(57)12-4-5-13-43-52-38-22-41-35(34-14-26(34)16-42(50)60-41)20-40(38)55(43)30-10-7-11-30)61-33-18-31(19-33)56-39-15-27(25-51)36(49)21-37(39)53-45(56)54-44(58)24-47(3,59)28-8-6-9-29(48)17-28/h6,8-9,15,17,20-22,26,30-31,33-34,42,59H,4-5,7,10-14,16,18-19,23-24H2,1-3H3,(H,53,54,58)/t26?,31?,33?,34?,42?,47-/m0/s1. The maximum absolute atomic E-state index is 14.7. The van der Waals surface area contributed by atoms with Gasteiger partial charge in [-0.25, -0.2) is 23.1 Å². The zero-order chi connectivity index (χ0) is 42.8. The Balaban J connectivity index is 0.807. The number of carbonyl (C=O) groups is 2. The van der Waals surface area contributed by atoms with E-state index in [1.165, 1.54) is 43.7 Å². The van der Waals surface area contributed by atoms with Gasteiger partial charge in [-0.1, -0.05) is 12.1 Å². The number of aliphatic hydroxyl groups is 1. The highest BCUT2D eigenvalue weighted by molar-refractivity contribution is 5.92. The Labute approximate surface area is 352 Å². The van der Waals surface area contributed by atoms with Crippen LogP contribution in [0.15, 0.2) is 48.5 Å². The van der Waals surface area contributed by atoms with Gasteiger partial charge in [-0.05, 0) is 119 Å². The van der Waals surface area contributed by atoms with E-state index in [2.05, 4.69) is 20.9 Å². The van der Waals surface area contributed by atoms with Crippen molar-refractivity contribution in [2.45, 2.75) is 146 Å².